The number of carbonyl (C=O) groups is 1. The number of rotatable bonds is 31. The van der Waals surface area contributed by atoms with E-state index in [4.69, 9.17) is 24.9 Å². The quantitative estimate of drug-likeness (QED) is 0.0178. The predicted octanol–water partition coefficient (Wildman–Crippen LogP) is 23.1. The summed E-state index contributed by atoms with van der Waals surface area (Å²) in [5.74, 6) is 0.0843. The molecule has 0 bridgehead atoms. The zero-order chi connectivity index (χ0) is 102. The molecule has 5 aliphatic carbocycles. The minimum absolute atomic E-state index is 0.000477. The molecule has 0 radical (unpaired) electrons. The van der Waals surface area contributed by atoms with E-state index in [0.29, 0.717) is 81.8 Å². The number of pyridine rings is 6. The molecule has 6 N–H and O–H groups in total. The Hall–Kier alpha value is -10.7. The van der Waals surface area contributed by atoms with Crippen LogP contribution in [0.5, 0.6) is 0 Å². The topological polar surface area (TPSA) is 183 Å². The van der Waals surface area contributed by atoms with Crippen LogP contribution in [-0.2, 0) is 102 Å². The molecule has 11 heterocycles. The molecule has 20 rings (SSSR count). The van der Waals surface area contributed by atoms with Crippen LogP contribution in [0.3, 0.4) is 0 Å². The largest absolute Gasteiger partial charge is 0.353 e. The molecule has 4 aromatic carbocycles. The monoisotopic (exact) mass is 1980 g/mol. The van der Waals surface area contributed by atoms with Gasteiger partial charge in [-0.05, 0) is 312 Å². The van der Waals surface area contributed by atoms with Gasteiger partial charge in [0.15, 0.2) is 0 Å². The minimum Gasteiger partial charge on any atom is -0.353 e. The highest BCUT2D eigenvalue weighted by molar-refractivity contribution is 5.73. The Morgan fingerprint density at radius 1 is 0.301 bits per heavy atom. The molecule has 5 aliphatic heterocycles. The van der Waals surface area contributed by atoms with Crippen LogP contribution in [0.4, 0.5) is 17.6 Å². The Balaban J connectivity index is 0.000000131. The van der Waals surface area contributed by atoms with Crippen molar-refractivity contribution in [2.75, 3.05) is 72.0 Å². The number of amides is 1. The molecular formula is C124H159F4N17O. The molecular weight excluding hydrogens is 1820 g/mol. The van der Waals surface area contributed by atoms with Gasteiger partial charge in [-0.2, -0.15) is 0 Å². The van der Waals surface area contributed by atoms with Crippen molar-refractivity contribution in [1.29, 1.82) is 0 Å². The Bertz CT molecular complexity index is 5510. The highest BCUT2D eigenvalue weighted by atomic mass is 19.1. The Labute approximate surface area is 867 Å². The van der Waals surface area contributed by atoms with E-state index in [0.717, 1.165) is 228 Å². The third-order valence-electron chi connectivity index (χ3n) is 32.0. The Morgan fingerprint density at radius 2 is 0.562 bits per heavy atom. The average Bonchev–Trinajstić information content (AvgIpc) is 0.808. The minimum atomic E-state index is -0.000477. The van der Waals surface area contributed by atoms with E-state index >= 15 is 0 Å². The number of halogens is 4. The second-order valence-corrected chi connectivity index (χ2v) is 42.1. The first-order valence-corrected chi connectivity index (χ1v) is 54.8. The number of carbonyl (C=O) groups excluding carboxylic acids is 1. The van der Waals surface area contributed by atoms with Crippen molar-refractivity contribution in [3.05, 3.63) is 377 Å². The molecule has 10 atom stereocenters. The fourth-order valence-electron chi connectivity index (χ4n) is 23.6. The number of fused-ring (bicyclic) bond motifs is 10. The van der Waals surface area contributed by atoms with Crippen LogP contribution in [0.15, 0.2) is 265 Å². The number of aromatic nitrogens is 6. The fraction of sp³-hybridized carbons (Fsp3) is 0.476. The van der Waals surface area contributed by atoms with Crippen molar-refractivity contribution in [3.8, 4) is 0 Å². The SMILES string of the molecule is CC(=O)NC/C=C\CN(C[C@@H]1Cc2ncccc2CN1)[C@H]1CCCc2cccnc21.CC/C(C)=C(/F)CN(C[C@H]1Cc2ccccc2CN1)[C@H]1CCCc2cccnc21.CC/C(C)=C(\F)CN(C[C@H]1Cc2ccccc2CN1)[C@H]1CCCc2cccnc21.CC/C(F)=C(/C)CN(C[C@H]1Cc2ccccc2CN1)[C@H]1CCCc2cccnc21.CC/C(F)=C(\C)CN(C[C@H]1Cc2ccccc2CN1)[C@H]1CCCc2cccnc21. The molecule has 0 saturated carbocycles. The summed E-state index contributed by atoms with van der Waals surface area (Å²) < 4.78 is 58.6. The number of benzene rings is 4. The van der Waals surface area contributed by atoms with Crippen LogP contribution in [0, 0.1) is 0 Å². The summed E-state index contributed by atoms with van der Waals surface area (Å²) >= 11 is 0. The van der Waals surface area contributed by atoms with Gasteiger partial charge in [0.25, 0.3) is 0 Å². The summed E-state index contributed by atoms with van der Waals surface area (Å²) in [5, 5.41) is 21.3. The average molecular weight is 1980 g/mol. The second kappa shape index (κ2) is 54.5. The smallest absolute Gasteiger partial charge is 0.217 e. The van der Waals surface area contributed by atoms with Crippen LogP contribution in [0.1, 0.15) is 294 Å². The van der Waals surface area contributed by atoms with Crippen molar-refractivity contribution >= 4 is 5.91 Å². The van der Waals surface area contributed by atoms with E-state index in [1.54, 1.807) is 6.92 Å². The lowest BCUT2D eigenvalue weighted by molar-refractivity contribution is -0.118. The first-order valence-electron chi connectivity index (χ1n) is 54.8. The molecule has 1 amide bonds. The van der Waals surface area contributed by atoms with Crippen molar-refractivity contribution < 1.29 is 22.4 Å². The second-order valence-electron chi connectivity index (χ2n) is 42.1. The third-order valence-corrected chi connectivity index (χ3v) is 32.0. The first-order chi connectivity index (χ1) is 71.3. The van der Waals surface area contributed by atoms with Gasteiger partial charge in [-0.15, -0.1) is 0 Å². The zero-order valence-electron chi connectivity index (χ0n) is 88.2. The summed E-state index contributed by atoms with van der Waals surface area (Å²) in [7, 11) is 0. The van der Waals surface area contributed by atoms with Crippen LogP contribution in [0.2, 0.25) is 0 Å². The number of hydrogen-bond donors (Lipinski definition) is 6. The number of allylic oxidation sites excluding steroid dienone is 4. The summed E-state index contributed by atoms with van der Waals surface area (Å²) in [5.41, 5.74) is 29.9. The molecule has 22 heteroatoms. The van der Waals surface area contributed by atoms with Crippen molar-refractivity contribution in [2.24, 2.45) is 0 Å². The third kappa shape index (κ3) is 29.3. The van der Waals surface area contributed by atoms with Gasteiger partial charge in [0.05, 0.1) is 83.4 Å². The predicted molar refractivity (Wildman–Crippen MR) is 583 cm³/mol. The first kappa shape index (κ1) is 108. The Morgan fingerprint density at radius 3 is 0.863 bits per heavy atom. The van der Waals surface area contributed by atoms with Gasteiger partial charge in [0, 0.05) is 178 Å². The van der Waals surface area contributed by atoms with Crippen LogP contribution >= 0.6 is 0 Å². The molecule has 18 nitrogen and oxygen atoms in total. The molecule has 0 fully saturated rings. The summed E-state index contributed by atoms with van der Waals surface area (Å²) in [6.45, 7) is 29.5. The highest BCUT2D eigenvalue weighted by Crippen LogP contribution is 2.42. The van der Waals surface area contributed by atoms with Gasteiger partial charge in [0.1, 0.15) is 11.7 Å². The molecule has 146 heavy (non-hydrogen) atoms. The number of nitrogens with zero attached hydrogens (tertiary/aromatic N) is 11. The molecule has 0 saturated heterocycles. The van der Waals surface area contributed by atoms with Crippen LogP contribution in [-0.4, -0.2) is 163 Å². The highest BCUT2D eigenvalue weighted by Gasteiger charge is 2.38. The van der Waals surface area contributed by atoms with Crippen molar-refractivity contribution in [2.45, 2.75) is 310 Å². The maximum Gasteiger partial charge on any atom is 0.217 e. The molecule has 0 unspecified atom stereocenters. The molecule has 10 aliphatic rings. The van der Waals surface area contributed by atoms with E-state index in [2.05, 4.69) is 201 Å². The van der Waals surface area contributed by atoms with E-state index in [1.807, 2.05) is 135 Å². The van der Waals surface area contributed by atoms with Gasteiger partial charge >= 0.3 is 0 Å². The summed E-state index contributed by atoms with van der Waals surface area (Å²) in [6.07, 6.45) is 39.7. The van der Waals surface area contributed by atoms with Gasteiger partial charge < -0.3 is 31.9 Å². The van der Waals surface area contributed by atoms with Gasteiger partial charge in [-0.3, -0.25) is 59.2 Å². The molecule has 10 aromatic rings. The summed E-state index contributed by atoms with van der Waals surface area (Å²) in [4.78, 5) is 51.6. The number of nitrogens with one attached hydrogen (secondary N) is 6. The lowest BCUT2D eigenvalue weighted by Gasteiger charge is -2.38. The van der Waals surface area contributed by atoms with E-state index in [9.17, 15) is 22.4 Å². The van der Waals surface area contributed by atoms with Gasteiger partial charge in [-0.25, -0.2) is 17.6 Å². The standard InChI is InChI=1S/4C25H32FN3.C24H31N5O/c2*1-3-23(26)18(2)16-29(24-12-6-10-19-11-7-13-27-25(19)24)17-22-14-20-8-4-5-9-21(20)15-28-22;2*1-3-18(2)23(26)17-29(24-12-6-10-19-11-7-13-27-25(19)24)16-22-14-20-8-4-5-9-21(20)15-28-22;1-18(30)25-11-2-3-14-29(23-10-4-7-19-8-5-13-27-24(19)23)17-21-15-22-20(16-28-21)9-6-12-26-22/h4*4-5,7-9,11,13,22,24,28H,3,6,10,12,14-17H2,1-2H3;2-3,5-6,8-9,12-13,21,23,28H,4,7,10-11,14-17H2,1H3,(H,25,30)/b23-18+;23-18-;23-18+;23-18-;3-2-/t4*22-,24+;21-,23-/m11110/s1. The number of hydrogen-bond acceptors (Lipinski definition) is 17. The van der Waals surface area contributed by atoms with Crippen molar-refractivity contribution in [3.63, 3.8) is 0 Å². The van der Waals surface area contributed by atoms with Gasteiger partial charge in [-0.1, -0.05) is 173 Å². The molecule has 774 valence electrons. The normalized spacial score (nSPS) is 21.8. The van der Waals surface area contributed by atoms with Crippen molar-refractivity contribution in [1.82, 2.24) is 86.3 Å². The maximum absolute atomic E-state index is 15.0. The van der Waals surface area contributed by atoms with E-state index in [-0.39, 0.29) is 53.4 Å². The molecule has 0 spiro atoms. The fourth-order valence-corrected chi connectivity index (χ4v) is 23.6. The molecule has 6 aromatic heterocycles. The van der Waals surface area contributed by atoms with E-state index in [1.165, 1.54) is 120 Å². The number of aryl methyl sites for hydroxylation is 5. The van der Waals surface area contributed by atoms with Gasteiger partial charge in [0.2, 0.25) is 5.91 Å². The lowest BCUT2D eigenvalue weighted by Crippen LogP contribution is -2.47. The zero-order valence-corrected chi connectivity index (χ0v) is 88.2. The van der Waals surface area contributed by atoms with E-state index < -0.39 is 0 Å². The Kier molecular flexibility index (Phi) is 40.3. The maximum atomic E-state index is 15.0. The van der Waals surface area contributed by atoms with Crippen LogP contribution < -0.4 is 31.9 Å². The lowest BCUT2D eigenvalue weighted by atomic mass is 9.89. The van der Waals surface area contributed by atoms with Crippen LogP contribution in [0.25, 0.3) is 0 Å². The summed E-state index contributed by atoms with van der Waals surface area (Å²) in [6, 6.07) is 63.0.